The van der Waals surface area contributed by atoms with Gasteiger partial charge in [0.05, 0.1) is 12.1 Å². The van der Waals surface area contributed by atoms with Gasteiger partial charge in [0.25, 0.3) is 11.5 Å². The molecule has 1 amide bonds. The first-order valence-corrected chi connectivity index (χ1v) is 10.4. The summed E-state index contributed by atoms with van der Waals surface area (Å²) in [5.41, 5.74) is 1.96. The van der Waals surface area contributed by atoms with Crippen molar-refractivity contribution in [3.8, 4) is 0 Å². The van der Waals surface area contributed by atoms with Gasteiger partial charge in [0.15, 0.2) is 5.58 Å². The smallest absolute Gasteiger partial charge is 0.343 e. The van der Waals surface area contributed by atoms with Crippen LogP contribution >= 0.6 is 0 Å². The number of hydrogen-bond acceptors (Lipinski definition) is 5. The highest BCUT2D eigenvalue weighted by atomic mass is 16.5. The highest BCUT2D eigenvalue weighted by Crippen LogP contribution is 2.25. The van der Waals surface area contributed by atoms with Crippen molar-refractivity contribution < 1.29 is 18.7 Å². The van der Waals surface area contributed by atoms with Crippen molar-refractivity contribution in [3.05, 3.63) is 81.6 Å². The Labute approximate surface area is 184 Å². The van der Waals surface area contributed by atoms with Gasteiger partial charge in [-0.3, -0.25) is 9.59 Å². The average molecular weight is 432 g/mol. The predicted octanol–water partition coefficient (Wildman–Crippen LogP) is 4.77. The van der Waals surface area contributed by atoms with Crippen molar-refractivity contribution in [1.29, 1.82) is 0 Å². The van der Waals surface area contributed by atoms with Crippen molar-refractivity contribution in [2.24, 2.45) is 0 Å². The summed E-state index contributed by atoms with van der Waals surface area (Å²) in [6.45, 7) is 8.11. The highest BCUT2D eigenvalue weighted by Gasteiger charge is 2.23. The number of aromatic nitrogens is 1. The summed E-state index contributed by atoms with van der Waals surface area (Å²) in [6, 6.07) is 15.4. The number of oxazole rings is 1. The van der Waals surface area contributed by atoms with E-state index < -0.39 is 17.4 Å². The minimum Gasteiger partial charge on any atom is -0.462 e. The first kappa shape index (κ1) is 21.4. The summed E-state index contributed by atoms with van der Waals surface area (Å²) in [7, 11) is 0. The second-order valence-corrected chi connectivity index (χ2v) is 8.49. The molecule has 4 rings (SSSR count). The summed E-state index contributed by atoms with van der Waals surface area (Å²) in [5, 5.41) is 2.65. The summed E-state index contributed by atoms with van der Waals surface area (Å²) < 4.78 is 12.2. The fourth-order valence-electron chi connectivity index (χ4n) is 3.51. The molecule has 1 N–H and O–H groups in total. The van der Waals surface area contributed by atoms with Crippen molar-refractivity contribution in [3.63, 3.8) is 0 Å². The predicted molar refractivity (Wildman–Crippen MR) is 122 cm³/mol. The van der Waals surface area contributed by atoms with Gasteiger partial charge >= 0.3 is 5.97 Å². The van der Waals surface area contributed by atoms with Crippen LogP contribution in [-0.4, -0.2) is 22.9 Å². The summed E-state index contributed by atoms with van der Waals surface area (Å²) in [4.78, 5) is 38.7. The zero-order valence-electron chi connectivity index (χ0n) is 18.4. The van der Waals surface area contributed by atoms with Gasteiger partial charge in [-0.2, -0.15) is 0 Å². The van der Waals surface area contributed by atoms with E-state index in [9.17, 15) is 14.4 Å². The number of carbonyl (C=O) groups excluding carboxylic acids is 2. The standard InChI is InChI=1S/C25H24N2O5/c1-5-31-24(30)17-14-18(22(29)27-19-8-6-7-9-20(19)32-23(17)27)26-21(28)15-10-12-16(13-11-15)25(2,3)4/h6-14H,5H2,1-4H3,(H,26,28). The van der Waals surface area contributed by atoms with E-state index in [4.69, 9.17) is 9.15 Å². The van der Waals surface area contributed by atoms with Crippen LogP contribution in [0, 0.1) is 0 Å². The van der Waals surface area contributed by atoms with E-state index >= 15 is 0 Å². The lowest BCUT2D eigenvalue weighted by atomic mass is 9.87. The first-order chi connectivity index (χ1) is 15.2. The lowest BCUT2D eigenvalue weighted by molar-refractivity contribution is 0.0526. The molecule has 164 valence electrons. The zero-order chi connectivity index (χ0) is 23.0. The van der Waals surface area contributed by atoms with Gasteiger partial charge in [0, 0.05) is 5.56 Å². The van der Waals surface area contributed by atoms with E-state index in [0.717, 1.165) is 5.56 Å². The van der Waals surface area contributed by atoms with Crippen molar-refractivity contribution in [1.82, 2.24) is 4.40 Å². The molecular formula is C25H24N2O5. The Morgan fingerprint density at radius 2 is 1.75 bits per heavy atom. The summed E-state index contributed by atoms with van der Waals surface area (Å²) in [5.74, 6) is -1.10. The molecule has 2 aromatic carbocycles. The second-order valence-electron chi connectivity index (χ2n) is 8.49. The average Bonchev–Trinajstić information content (AvgIpc) is 3.15. The van der Waals surface area contributed by atoms with Crippen molar-refractivity contribution in [2.75, 3.05) is 11.9 Å². The minimum atomic E-state index is -0.644. The number of amides is 1. The van der Waals surface area contributed by atoms with Gasteiger partial charge in [-0.25, -0.2) is 9.20 Å². The number of para-hydroxylation sites is 2. The van der Waals surface area contributed by atoms with E-state index in [1.54, 1.807) is 43.3 Å². The van der Waals surface area contributed by atoms with Crippen LogP contribution in [0.25, 0.3) is 16.8 Å². The largest absolute Gasteiger partial charge is 0.462 e. The molecule has 0 saturated carbocycles. The van der Waals surface area contributed by atoms with Gasteiger partial charge in [-0.15, -0.1) is 0 Å². The molecule has 7 nitrogen and oxygen atoms in total. The quantitative estimate of drug-likeness (QED) is 0.469. The Balaban J connectivity index is 1.81. The molecule has 0 radical (unpaired) electrons. The number of fused-ring (bicyclic) bond motifs is 3. The SMILES string of the molecule is CCOC(=O)c1cc(NC(=O)c2ccc(C(C)(C)C)cc2)c(=O)n2c1oc1ccccc12. The second kappa shape index (κ2) is 8.00. The Kier molecular flexibility index (Phi) is 5.34. The number of rotatable bonds is 4. The number of benzene rings is 2. The molecule has 32 heavy (non-hydrogen) atoms. The van der Waals surface area contributed by atoms with E-state index in [1.165, 1.54) is 10.5 Å². The Morgan fingerprint density at radius 3 is 2.41 bits per heavy atom. The molecule has 0 aliphatic rings. The number of ether oxygens (including phenoxy) is 1. The Hall–Kier alpha value is -3.87. The molecule has 0 aliphatic heterocycles. The number of carbonyl (C=O) groups is 2. The Bertz CT molecular complexity index is 1390. The molecule has 4 aromatic rings. The first-order valence-electron chi connectivity index (χ1n) is 10.4. The van der Waals surface area contributed by atoms with Crippen LogP contribution in [-0.2, 0) is 10.2 Å². The third-order valence-corrected chi connectivity index (χ3v) is 5.23. The highest BCUT2D eigenvalue weighted by molar-refractivity contribution is 6.05. The number of hydrogen-bond donors (Lipinski definition) is 1. The maximum Gasteiger partial charge on any atom is 0.343 e. The maximum atomic E-state index is 13.2. The van der Waals surface area contributed by atoms with E-state index in [-0.39, 0.29) is 29.0 Å². The minimum absolute atomic E-state index is 0.0398. The number of esters is 1. The van der Waals surface area contributed by atoms with Gasteiger partial charge in [-0.1, -0.05) is 45.0 Å². The summed E-state index contributed by atoms with van der Waals surface area (Å²) in [6.07, 6.45) is 0. The number of pyridine rings is 1. The third kappa shape index (κ3) is 3.77. The van der Waals surface area contributed by atoms with Crippen LogP contribution in [0.2, 0.25) is 0 Å². The van der Waals surface area contributed by atoms with Crippen LogP contribution < -0.4 is 10.9 Å². The van der Waals surface area contributed by atoms with Crippen LogP contribution in [0.5, 0.6) is 0 Å². The van der Waals surface area contributed by atoms with Crippen molar-refractivity contribution >= 4 is 34.4 Å². The van der Waals surface area contributed by atoms with Crippen LogP contribution in [0.1, 0.15) is 54.0 Å². The van der Waals surface area contributed by atoms with Crippen molar-refractivity contribution in [2.45, 2.75) is 33.1 Å². The van der Waals surface area contributed by atoms with Crippen LogP contribution in [0.4, 0.5) is 5.69 Å². The molecule has 0 unspecified atom stereocenters. The van der Waals surface area contributed by atoms with Gasteiger partial charge in [0.1, 0.15) is 11.3 Å². The maximum absolute atomic E-state index is 13.2. The fraction of sp³-hybridized carbons (Fsp3) is 0.240. The topological polar surface area (TPSA) is 90.0 Å². The molecule has 0 fully saturated rings. The fourth-order valence-corrected chi connectivity index (χ4v) is 3.51. The number of nitrogens with zero attached hydrogens (tertiary/aromatic N) is 1. The molecular weight excluding hydrogens is 408 g/mol. The molecule has 0 saturated heterocycles. The lowest BCUT2D eigenvalue weighted by Crippen LogP contribution is -2.24. The van der Waals surface area contributed by atoms with E-state index in [2.05, 4.69) is 26.1 Å². The number of nitrogens with one attached hydrogen (secondary N) is 1. The number of anilines is 1. The summed E-state index contributed by atoms with van der Waals surface area (Å²) >= 11 is 0. The zero-order valence-corrected chi connectivity index (χ0v) is 18.4. The van der Waals surface area contributed by atoms with E-state index in [1.807, 2.05) is 12.1 Å². The monoisotopic (exact) mass is 432 g/mol. The molecule has 0 spiro atoms. The Morgan fingerprint density at radius 1 is 1.06 bits per heavy atom. The van der Waals surface area contributed by atoms with E-state index in [0.29, 0.717) is 16.7 Å². The molecule has 2 aromatic heterocycles. The van der Waals surface area contributed by atoms with Gasteiger partial charge in [-0.05, 0) is 48.2 Å². The molecule has 0 aliphatic carbocycles. The lowest BCUT2D eigenvalue weighted by Gasteiger charge is -2.19. The van der Waals surface area contributed by atoms with Crippen LogP contribution in [0.15, 0.2) is 63.8 Å². The molecule has 2 heterocycles. The van der Waals surface area contributed by atoms with Gasteiger partial charge < -0.3 is 14.5 Å². The molecule has 0 atom stereocenters. The normalized spacial score (nSPS) is 11.6. The van der Waals surface area contributed by atoms with Crippen LogP contribution in [0.3, 0.4) is 0 Å². The molecule has 7 heteroatoms. The molecule has 0 bridgehead atoms. The van der Waals surface area contributed by atoms with Gasteiger partial charge in [0.2, 0.25) is 5.71 Å². The third-order valence-electron chi connectivity index (χ3n) is 5.23.